The average molecular weight is 294 g/mol. The Morgan fingerprint density at radius 3 is 2.25 bits per heavy atom. The van der Waals surface area contributed by atoms with E-state index >= 15 is 0 Å². The summed E-state index contributed by atoms with van der Waals surface area (Å²) in [5.41, 5.74) is -0.0722. The summed E-state index contributed by atoms with van der Waals surface area (Å²) >= 11 is 0. The maximum atomic E-state index is 12.3. The number of nitrogens with one attached hydrogen (secondary N) is 1. The Morgan fingerprint density at radius 1 is 1.15 bits per heavy atom. The lowest BCUT2D eigenvalue weighted by Crippen LogP contribution is -2.57. The molecule has 1 N–H and O–H groups in total. The highest BCUT2D eigenvalue weighted by Crippen LogP contribution is 2.29. The largest absolute Gasteiger partial charge is 0.389 e. The first-order valence-electron chi connectivity index (χ1n) is 7.82. The number of rotatable bonds is 8. The van der Waals surface area contributed by atoms with Crippen LogP contribution in [0, 0.1) is 0 Å². The second kappa shape index (κ2) is 7.64. The normalized spacial score (nSPS) is 19.5. The van der Waals surface area contributed by atoms with Gasteiger partial charge in [-0.3, -0.25) is 4.90 Å². The van der Waals surface area contributed by atoms with Crippen LogP contribution in [0.2, 0.25) is 0 Å². The molecular weight excluding hydrogens is 265 g/mol. The van der Waals surface area contributed by atoms with Crippen molar-refractivity contribution >= 4 is 0 Å². The maximum absolute atomic E-state index is 12.3. The SMILES string of the molecule is CCCNC(CCCC(F)(F)F)C(C)(C)N1CCCC1. The van der Waals surface area contributed by atoms with Crippen molar-refractivity contribution in [2.75, 3.05) is 19.6 Å². The van der Waals surface area contributed by atoms with Gasteiger partial charge in [0.25, 0.3) is 0 Å². The van der Waals surface area contributed by atoms with Crippen LogP contribution in [-0.4, -0.2) is 42.3 Å². The molecule has 1 atom stereocenters. The first kappa shape index (κ1) is 17.8. The van der Waals surface area contributed by atoms with Crippen molar-refractivity contribution in [3.63, 3.8) is 0 Å². The summed E-state index contributed by atoms with van der Waals surface area (Å²) in [4.78, 5) is 2.42. The zero-order valence-electron chi connectivity index (χ0n) is 13.0. The Kier molecular flexibility index (Phi) is 6.79. The van der Waals surface area contributed by atoms with Crippen molar-refractivity contribution < 1.29 is 13.2 Å². The lowest BCUT2D eigenvalue weighted by molar-refractivity contribution is -0.136. The van der Waals surface area contributed by atoms with Gasteiger partial charge in [0.05, 0.1) is 0 Å². The van der Waals surface area contributed by atoms with Crippen molar-refractivity contribution in [3.8, 4) is 0 Å². The van der Waals surface area contributed by atoms with E-state index in [-0.39, 0.29) is 18.0 Å². The summed E-state index contributed by atoms with van der Waals surface area (Å²) in [6.07, 6.45) is -0.504. The third-order valence-corrected chi connectivity index (χ3v) is 4.37. The first-order valence-corrected chi connectivity index (χ1v) is 7.82. The molecule has 1 fully saturated rings. The molecule has 1 rings (SSSR count). The fraction of sp³-hybridized carbons (Fsp3) is 1.00. The van der Waals surface area contributed by atoms with E-state index in [1.807, 2.05) is 0 Å². The topological polar surface area (TPSA) is 15.3 Å². The average Bonchev–Trinajstić information content (AvgIpc) is 2.86. The molecular formula is C15H29F3N2. The minimum Gasteiger partial charge on any atom is -0.312 e. The predicted molar refractivity (Wildman–Crippen MR) is 76.9 cm³/mol. The van der Waals surface area contributed by atoms with Gasteiger partial charge in [0.2, 0.25) is 0 Å². The van der Waals surface area contributed by atoms with Crippen LogP contribution in [0.5, 0.6) is 0 Å². The van der Waals surface area contributed by atoms with Gasteiger partial charge in [-0.05, 0) is 65.6 Å². The molecule has 0 radical (unpaired) electrons. The molecule has 1 unspecified atom stereocenters. The van der Waals surface area contributed by atoms with E-state index in [1.165, 1.54) is 12.8 Å². The molecule has 5 heteroatoms. The quantitative estimate of drug-likeness (QED) is 0.729. The second-order valence-electron chi connectivity index (χ2n) is 6.36. The molecule has 1 aliphatic heterocycles. The second-order valence-corrected chi connectivity index (χ2v) is 6.36. The van der Waals surface area contributed by atoms with Crippen LogP contribution in [0.15, 0.2) is 0 Å². The molecule has 120 valence electrons. The van der Waals surface area contributed by atoms with Crippen molar-refractivity contribution in [2.45, 2.75) is 77.1 Å². The molecule has 1 heterocycles. The third kappa shape index (κ3) is 5.60. The molecule has 0 aromatic rings. The molecule has 0 spiro atoms. The van der Waals surface area contributed by atoms with Crippen LogP contribution in [0.3, 0.4) is 0 Å². The van der Waals surface area contributed by atoms with Gasteiger partial charge in [-0.15, -0.1) is 0 Å². The number of nitrogens with zero attached hydrogens (tertiary/aromatic N) is 1. The van der Waals surface area contributed by atoms with Crippen molar-refractivity contribution in [1.82, 2.24) is 10.2 Å². The molecule has 20 heavy (non-hydrogen) atoms. The minimum absolute atomic E-state index is 0.0722. The van der Waals surface area contributed by atoms with Gasteiger partial charge in [-0.2, -0.15) is 13.2 Å². The van der Waals surface area contributed by atoms with Crippen LogP contribution >= 0.6 is 0 Å². The zero-order valence-corrected chi connectivity index (χ0v) is 13.0. The Bertz CT molecular complexity index is 271. The molecule has 0 aliphatic carbocycles. The summed E-state index contributed by atoms with van der Waals surface area (Å²) in [7, 11) is 0. The Hall–Kier alpha value is -0.290. The van der Waals surface area contributed by atoms with Gasteiger partial charge in [-0.25, -0.2) is 0 Å². The molecule has 1 saturated heterocycles. The van der Waals surface area contributed by atoms with Crippen LogP contribution in [0.4, 0.5) is 13.2 Å². The van der Waals surface area contributed by atoms with Gasteiger partial charge in [-0.1, -0.05) is 6.92 Å². The van der Waals surface area contributed by atoms with E-state index in [4.69, 9.17) is 0 Å². The molecule has 1 aliphatic rings. The van der Waals surface area contributed by atoms with Crippen LogP contribution in [0.1, 0.15) is 59.3 Å². The Balaban J connectivity index is 2.57. The smallest absolute Gasteiger partial charge is 0.312 e. The van der Waals surface area contributed by atoms with Crippen LogP contribution in [-0.2, 0) is 0 Å². The third-order valence-electron chi connectivity index (χ3n) is 4.37. The number of hydrogen-bond acceptors (Lipinski definition) is 2. The van der Waals surface area contributed by atoms with Crippen molar-refractivity contribution in [1.29, 1.82) is 0 Å². The molecule has 0 aromatic heterocycles. The summed E-state index contributed by atoms with van der Waals surface area (Å²) in [5.74, 6) is 0. The molecule has 0 bridgehead atoms. The standard InChI is InChI=1S/C15H29F3N2/c1-4-10-19-13(8-7-9-15(16,17)18)14(2,3)20-11-5-6-12-20/h13,19H,4-12H2,1-3H3. The van der Waals surface area contributed by atoms with E-state index < -0.39 is 12.6 Å². The number of alkyl halides is 3. The van der Waals surface area contributed by atoms with E-state index in [0.29, 0.717) is 6.42 Å². The highest BCUT2D eigenvalue weighted by atomic mass is 19.4. The van der Waals surface area contributed by atoms with E-state index in [2.05, 4.69) is 31.0 Å². The van der Waals surface area contributed by atoms with E-state index in [1.54, 1.807) is 0 Å². The van der Waals surface area contributed by atoms with Crippen molar-refractivity contribution in [2.24, 2.45) is 0 Å². The summed E-state index contributed by atoms with van der Waals surface area (Å²) in [6.45, 7) is 9.42. The highest BCUT2D eigenvalue weighted by Gasteiger charge is 2.37. The van der Waals surface area contributed by atoms with Gasteiger partial charge in [0, 0.05) is 18.0 Å². The summed E-state index contributed by atoms with van der Waals surface area (Å²) < 4.78 is 37.0. The molecule has 0 amide bonds. The fourth-order valence-corrected chi connectivity index (χ4v) is 3.04. The highest BCUT2D eigenvalue weighted by molar-refractivity contribution is 4.95. The van der Waals surface area contributed by atoms with Gasteiger partial charge in [0.1, 0.15) is 0 Å². The zero-order chi connectivity index (χ0) is 15.2. The number of likely N-dealkylation sites (tertiary alicyclic amines) is 1. The fourth-order valence-electron chi connectivity index (χ4n) is 3.04. The van der Waals surface area contributed by atoms with Crippen LogP contribution in [0.25, 0.3) is 0 Å². The summed E-state index contributed by atoms with van der Waals surface area (Å²) in [5, 5.41) is 3.46. The molecule has 0 saturated carbocycles. The number of hydrogen-bond donors (Lipinski definition) is 1. The molecule has 0 aromatic carbocycles. The lowest BCUT2D eigenvalue weighted by atomic mass is 9.88. The summed E-state index contributed by atoms with van der Waals surface area (Å²) in [6, 6.07) is 0.128. The van der Waals surface area contributed by atoms with E-state index in [0.717, 1.165) is 26.1 Å². The first-order chi connectivity index (χ1) is 9.27. The monoisotopic (exact) mass is 294 g/mol. The van der Waals surface area contributed by atoms with Crippen molar-refractivity contribution in [3.05, 3.63) is 0 Å². The minimum atomic E-state index is -4.03. The predicted octanol–water partition coefficient (Wildman–Crippen LogP) is 3.96. The lowest BCUT2D eigenvalue weighted by Gasteiger charge is -2.43. The van der Waals surface area contributed by atoms with E-state index in [9.17, 15) is 13.2 Å². The maximum Gasteiger partial charge on any atom is 0.389 e. The Morgan fingerprint density at radius 2 is 1.75 bits per heavy atom. The van der Waals surface area contributed by atoms with Crippen LogP contribution < -0.4 is 5.32 Å². The number of halogens is 3. The van der Waals surface area contributed by atoms with Gasteiger partial charge in [0.15, 0.2) is 0 Å². The molecule has 2 nitrogen and oxygen atoms in total. The Labute approximate surface area is 121 Å². The van der Waals surface area contributed by atoms with Gasteiger partial charge >= 0.3 is 6.18 Å². The van der Waals surface area contributed by atoms with Gasteiger partial charge < -0.3 is 5.32 Å².